The predicted octanol–water partition coefficient (Wildman–Crippen LogP) is 3.35. The molecule has 2 aromatic heterocycles. The van der Waals surface area contributed by atoms with Crippen LogP contribution in [0, 0.1) is 19.8 Å². The Morgan fingerprint density at radius 2 is 2.08 bits per heavy atom. The van der Waals surface area contributed by atoms with E-state index < -0.39 is 0 Å². The monoisotopic (exact) mass is 394 g/mol. The maximum atomic E-state index is 12.3. The lowest BCUT2D eigenvalue weighted by molar-refractivity contribution is -0.129. The summed E-state index contributed by atoms with van der Waals surface area (Å²) >= 11 is 2.62. The number of aromatic nitrogens is 2. The van der Waals surface area contributed by atoms with Crippen LogP contribution in [-0.4, -0.2) is 45.8 Å². The third-order valence-corrected chi connectivity index (χ3v) is 6.32. The lowest BCUT2D eigenvalue weighted by atomic mass is 9.99. The second-order valence-corrected chi connectivity index (χ2v) is 8.71. The van der Waals surface area contributed by atoms with Crippen molar-refractivity contribution in [2.45, 2.75) is 38.0 Å². The standard InChI is InChI=1S/C17H22N4O3S2/c1-10-4-6-21(7-5-10)14(22)9-25-17-20-19-16(26-17)18-15(23)13-8-11(2)24-12(13)3/h8,10H,4-7,9H2,1-3H3,(H,18,19,23). The molecular formula is C17H22N4O3S2. The average molecular weight is 395 g/mol. The van der Waals surface area contributed by atoms with E-state index in [0.29, 0.717) is 38.2 Å². The maximum absolute atomic E-state index is 12.3. The van der Waals surface area contributed by atoms with Crippen LogP contribution < -0.4 is 5.32 Å². The molecule has 0 radical (unpaired) electrons. The van der Waals surface area contributed by atoms with Crippen LogP contribution in [-0.2, 0) is 4.79 Å². The molecule has 9 heteroatoms. The van der Waals surface area contributed by atoms with Crippen molar-refractivity contribution < 1.29 is 14.0 Å². The lowest BCUT2D eigenvalue weighted by Gasteiger charge is -2.30. The molecule has 0 aliphatic carbocycles. The zero-order chi connectivity index (χ0) is 18.7. The Morgan fingerprint density at radius 3 is 2.73 bits per heavy atom. The first kappa shape index (κ1) is 18.9. The number of piperidine rings is 1. The highest BCUT2D eigenvalue weighted by atomic mass is 32.2. The summed E-state index contributed by atoms with van der Waals surface area (Å²) in [4.78, 5) is 26.4. The number of anilines is 1. The van der Waals surface area contributed by atoms with E-state index in [-0.39, 0.29) is 11.8 Å². The second kappa shape index (κ2) is 8.22. The minimum absolute atomic E-state index is 0.132. The van der Waals surface area contributed by atoms with Crippen molar-refractivity contribution in [3.8, 4) is 0 Å². The van der Waals surface area contributed by atoms with Gasteiger partial charge in [-0.05, 0) is 38.7 Å². The first-order valence-corrected chi connectivity index (χ1v) is 10.3. The van der Waals surface area contributed by atoms with Crippen molar-refractivity contribution in [3.05, 3.63) is 23.2 Å². The molecule has 7 nitrogen and oxygen atoms in total. The molecule has 140 valence electrons. The number of hydrogen-bond donors (Lipinski definition) is 1. The summed E-state index contributed by atoms with van der Waals surface area (Å²) in [5.41, 5.74) is 0.487. The van der Waals surface area contributed by atoms with E-state index in [4.69, 9.17) is 4.42 Å². The van der Waals surface area contributed by atoms with Crippen LogP contribution in [0.2, 0.25) is 0 Å². The van der Waals surface area contributed by atoms with Crippen molar-refractivity contribution in [3.63, 3.8) is 0 Å². The van der Waals surface area contributed by atoms with Crippen LogP contribution in [0.1, 0.15) is 41.6 Å². The Hall–Kier alpha value is -1.87. The summed E-state index contributed by atoms with van der Waals surface area (Å²) in [7, 11) is 0. The zero-order valence-electron chi connectivity index (χ0n) is 15.1. The van der Waals surface area contributed by atoms with Crippen molar-refractivity contribution in [2.24, 2.45) is 5.92 Å². The fourth-order valence-corrected chi connectivity index (χ4v) is 4.46. The molecule has 3 rings (SSSR count). The molecule has 1 aliphatic rings. The number of carbonyl (C=O) groups excluding carboxylic acids is 2. The number of carbonyl (C=O) groups is 2. The molecular weight excluding hydrogens is 372 g/mol. The van der Waals surface area contributed by atoms with Crippen molar-refractivity contribution in [1.29, 1.82) is 0 Å². The van der Waals surface area contributed by atoms with E-state index in [0.717, 1.165) is 25.9 Å². The van der Waals surface area contributed by atoms with Crippen LogP contribution in [0.15, 0.2) is 14.8 Å². The SMILES string of the molecule is Cc1cc(C(=O)Nc2nnc(SCC(=O)N3CCC(C)CC3)s2)c(C)o1. The Labute approximate surface area is 160 Å². The molecule has 0 saturated carbocycles. The van der Waals surface area contributed by atoms with Gasteiger partial charge in [-0.3, -0.25) is 14.9 Å². The largest absolute Gasteiger partial charge is 0.466 e. The normalized spacial score (nSPS) is 15.3. The maximum Gasteiger partial charge on any atom is 0.261 e. The van der Waals surface area contributed by atoms with Gasteiger partial charge >= 0.3 is 0 Å². The number of thioether (sulfide) groups is 1. The van der Waals surface area contributed by atoms with Crippen LogP contribution in [0.4, 0.5) is 5.13 Å². The van der Waals surface area contributed by atoms with E-state index in [1.165, 1.54) is 23.1 Å². The molecule has 1 N–H and O–H groups in total. The van der Waals surface area contributed by atoms with Gasteiger partial charge in [0.05, 0.1) is 11.3 Å². The van der Waals surface area contributed by atoms with Crippen LogP contribution in [0.25, 0.3) is 0 Å². The second-order valence-electron chi connectivity index (χ2n) is 6.51. The Bertz CT molecular complexity index is 794. The fourth-order valence-electron chi connectivity index (χ4n) is 2.81. The number of furan rings is 1. The van der Waals surface area contributed by atoms with Gasteiger partial charge in [0.15, 0.2) is 4.34 Å². The lowest BCUT2D eigenvalue weighted by Crippen LogP contribution is -2.38. The average Bonchev–Trinajstić information content (AvgIpc) is 3.19. The molecule has 0 bridgehead atoms. The van der Waals surface area contributed by atoms with Crippen molar-refractivity contribution in [1.82, 2.24) is 15.1 Å². The van der Waals surface area contributed by atoms with Gasteiger partial charge in [-0.2, -0.15) is 0 Å². The number of rotatable bonds is 5. The third-order valence-electron chi connectivity index (χ3n) is 4.37. The number of amides is 2. The highest BCUT2D eigenvalue weighted by Gasteiger charge is 2.21. The van der Waals surface area contributed by atoms with E-state index >= 15 is 0 Å². The molecule has 0 atom stereocenters. The van der Waals surface area contributed by atoms with Crippen LogP contribution >= 0.6 is 23.1 Å². The van der Waals surface area contributed by atoms with E-state index in [2.05, 4.69) is 22.4 Å². The van der Waals surface area contributed by atoms with Crippen LogP contribution in [0.5, 0.6) is 0 Å². The van der Waals surface area contributed by atoms with E-state index in [9.17, 15) is 9.59 Å². The summed E-state index contributed by atoms with van der Waals surface area (Å²) in [5.74, 6) is 2.16. The third kappa shape index (κ3) is 4.64. The fraction of sp³-hybridized carbons (Fsp3) is 0.529. The molecule has 0 spiro atoms. The topological polar surface area (TPSA) is 88.3 Å². The summed E-state index contributed by atoms with van der Waals surface area (Å²) in [6.45, 7) is 7.43. The van der Waals surface area contributed by atoms with Gasteiger partial charge in [0, 0.05) is 13.1 Å². The van der Waals surface area contributed by atoms with Gasteiger partial charge in [0.2, 0.25) is 11.0 Å². The van der Waals surface area contributed by atoms with Gasteiger partial charge in [0.25, 0.3) is 5.91 Å². The molecule has 1 fully saturated rings. The van der Waals surface area contributed by atoms with Gasteiger partial charge < -0.3 is 9.32 Å². The van der Waals surface area contributed by atoms with Gasteiger partial charge in [-0.25, -0.2) is 0 Å². The molecule has 0 aromatic carbocycles. The van der Waals surface area contributed by atoms with E-state index in [1.807, 2.05) is 4.90 Å². The minimum atomic E-state index is -0.273. The number of aryl methyl sites for hydroxylation is 2. The summed E-state index contributed by atoms with van der Waals surface area (Å²) in [6.07, 6.45) is 2.14. The number of hydrogen-bond acceptors (Lipinski definition) is 7. The Kier molecular flexibility index (Phi) is 5.98. The minimum Gasteiger partial charge on any atom is -0.466 e. The van der Waals surface area contributed by atoms with Gasteiger partial charge in [-0.1, -0.05) is 30.0 Å². The van der Waals surface area contributed by atoms with Gasteiger partial charge in [-0.15, -0.1) is 10.2 Å². The first-order chi connectivity index (χ1) is 12.4. The summed E-state index contributed by atoms with van der Waals surface area (Å²) < 4.78 is 6.03. The molecule has 2 aromatic rings. The quantitative estimate of drug-likeness (QED) is 0.618. The Balaban J connectivity index is 1.51. The zero-order valence-corrected chi connectivity index (χ0v) is 16.7. The number of likely N-dealkylation sites (tertiary alicyclic amines) is 1. The smallest absolute Gasteiger partial charge is 0.261 e. The van der Waals surface area contributed by atoms with Crippen molar-refractivity contribution >= 4 is 40.0 Å². The van der Waals surface area contributed by atoms with E-state index in [1.54, 1.807) is 19.9 Å². The molecule has 1 aliphatic heterocycles. The molecule has 2 amide bonds. The van der Waals surface area contributed by atoms with Crippen LogP contribution in [0.3, 0.4) is 0 Å². The number of nitrogens with one attached hydrogen (secondary N) is 1. The Morgan fingerprint density at radius 1 is 1.35 bits per heavy atom. The number of nitrogens with zero attached hydrogens (tertiary/aromatic N) is 3. The summed E-state index contributed by atoms with van der Waals surface area (Å²) in [5, 5.41) is 11.2. The highest BCUT2D eigenvalue weighted by Crippen LogP contribution is 2.27. The first-order valence-electron chi connectivity index (χ1n) is 8.55. The predicted molar refractivity (Wildman–Crippen MR) is 102 cm³/mol. The summed E-state index contributed by atoms with van der Waals surface area (Å²) in [6, 6.07) is 1.69. The molecule has 26 heavy (non-hydrogen) atoms. The molecule has 3 heterocycles. The molecule has 1 saturated heterocycles. The molecule has 0 unspecified atom stereocenters. The van der Waals surface area contributed by atoms with Gasteiger partial charge in [0.1, 0.15) is 11.5 Å². The van der Waals surface area contributed by atoms with Crippen molar-refractivity contribution in [2.75, 3.05) is 24.2 Å². The highest BCUT2D eigenvalue weighted by molar-refractivity contribution is 8.01.